The van der Waals surface area contributed by atoms with Crippen molar-refractivity contribution in [3.05, 3.63) is 94.4 Å². The van der Waals surface area contributed by atoms with Crippen LogP contribution in [-0.4, -0.2) is 51.9 Å². The van der Waals surface area contributed by atoms with Gasteiger partial charge in [-0.1, -0.05) is 61.5 Å². The van der Waals surface area contributed by atoms with Gasteiger partial charge in [-0.15, -0.1) is 0 Å². The van der Waals surface area contributed by atoms with Crippen molar-refractivity contribution in [2.75, 3.05) is 19.6 Å². The Balaban J connectivity index is 1.70. The number of pyridine rings is 1. The molecule has 0 unspecified atom stereocenters. The Labute approximate surface area is 194 Å². The molecule has 0 aliphatic carbocycles. The van der Waals surface area contributed by atoms with E-state index in [0.29, 0.717) is 31.6 Å². The van der Waals surface area contributed by atoms with Crippen molar-refractivity contribution in [1.29, 1.82) is 0 Å². The van der Waals surface area contributed by atoms with Gasteiger partial charge in [0.15, 0.2) is 0 Å². The maximum absolute atomic E-state index is 13.5. The summed E-state index contributed by atoms with van der Waals surface area (Å²) in [7, 11) is 1.62. The Morgan fingerprint density at radius 1 is 0.939 bits per heavy atom. The van der Waals surface area contributed by atoms with Crippen LogP contribution in [0.15, 0.2) is 77.7 Å². The summed E-state index contributed by atoms with van der Waals surface area (Å²) in [4.78, 5) is 42.3. The maximum atomic E-state index is 13.5. The molecular weight excluding hydrogens is 414 g/mol. The van der Waals surface area contributed by atoms with Gasteiger partial charge in [0.1, 0.15) is 6.04 Å². The molecule has 33 heavy (non-hydrogen) atoms. The predicted octanol–water partition coefficient (Wildman–Crippen LogP) is 3.36. The maximum Gasteiger partial charge on any atom is 0.256 e. The summed E-state index contributed by atoms with van der Waals surface area (Å²) in [5, 5.41) is 0. The van der Waals surface area contributed by atoms with Gasteiger partial charge >= 0.3 is 0 Å². The molecule has 1 aromatic heterocycles. The third kappa shape index (κ3) is 4.75. The molecular formula is C27H29N3O3. The number of benzene rings is 2. The zero-order valence-corrected chi connectivity index (χ0v) is 19.1. The van der Waals surface area contributed by atoms with Crippen molar-refractivity contribution < 1.29 is 9.59 Å². The number of hydrogen-bond donors (Lipinski definition) is 0. The van der Waals surface area contributed by atoms with Crippen LogP contribution in [0.1, 0.15) is 29.3 Å². The first-order valence-electron chi connectivity index (χ1n) is 11.4. The van der Waals surface area contributed by atoms with Crippen LogP contribution in [0, 0.1) is 0 Å². The lowest BCUT2D eigenvalue weighted by Gasteiger charge is -2.41. The van der Waals surface area contributed by atoms with E-state index in [1.54, 1.807) is 24.2 Å². The van der Waals surface area contributed by atoms with Crippen LogP contribution in [0.25, 0.3) is 11.1 Å². The molecule has 1 saturated heterocycles. The fraction of sp³-hybridized carbons (Fsp3) is 0.296. The summed E-state index contributed by atoms with van der Waals surface area (Å²) >= 11 is 0. The van der Waals surface area contributed by atoms with Crippen molar-refractivity contribution in [1.82, 2.24) is 14.4 Å². The number of hydrogen-bond acceptors (Lipinski definition) is 3. The third-order valence-electron chi connectivity index (χ3n) is 6.19. The molecule has 1 fully saturated rings. The van der Waals surface area contributed by atoms with Gasteiger partial charge in [0.25, 0.3) is 5.91 Å². The molecule has 0 saturated carbocycles. The molecule has 0 bridgehead atoms. The summed E-state index contributed by atoms with van der Waals surface area (Å²) in [5.74, 6) is -0.249. The van der Waals surface area contributed by atoms with Crippen molar-refractivity contribution in [3.63, 3.8) is 0 Å². The zero-order chi connectivity index (χ0) is 23.4. The van der Waals surface area contributed by atoms with Crippen molar-refractivity contribution in [2.45, 2.75) is 25.8 Å². The van der Waals surface area contributed by atoms with E-state index in [2.05, 4.69) is 25.1 Å². The van der Waals surface area contributed by atoms with E-state index in [1.165, 1.54) is 10.6 Å². The van der Waals surface area contributed by atoms with E-state index in [4.69, 9.17) is 0 Å². The smallest absolute Gasteiger partial charge is 0.256 e. The number of aromatic nitrogens is 1. The summed E-state index contributed by atoms with van der Waals surface area (Å²) in [5.41, 5.74) is 3.41. The minimum Gasteiger partial charge on any atom is -0.339 e. The second-order valence-electron chi connectivity index (χ2n) is 8.43. The topological polar surface area (TPSA) is 62.6 Å². The van der Waals surface area contributed by atoms with Gasteiger partial charge in [-0.05, 0) is 29.2 Å². The van der Waals surface area contributed by atoms with Crippen LogP contribution in [0.5, 0.6) is 0 Å². The summed E-state index contributed by atoms with van der Waals surface area (Å²) in [6.07, 6.45) is 2.85. The van der Waals surface area contributed by atoms with E-state index < -0.39 is 6.04 Å². The molecule has 1 aliphatic heterocycles. The second kappa shape index (κ2) is 9.86. The van der Waals surface area contributed by atoms with Gasteiger partial charge in [0, 0.05) is 45.4 Å². The number of piperazine rings is 1. The SMILES string of the molecule is CCCN1CCN(C(=O)c2ccc(=O)n(C)c2)[C@H](Cc2ccccc2-c2ccccc2)C1=O. The van der Waals surface area contributed by atoms with E-state index in [0.717, 1.165) is 23.1 Å². The highest BCUT2D eigenvalue weighted by atomic mass is 16.2. The van der Waals surface area contributed by atoms with Gasteiger partial charge in [-0.2, -0.15) is 0 Å². The minimum absolute atomic E-state index is 0.0239. The lowest BCUT2D eigenvalue weighted by Crippen LogP contribution is -2.59. The van der Waals surface area contributed by atoms with Crippen LogP contribution in [-0.2, 0) is 18.3 Å². The van der Waals surface area contributed by atoms with Crippen molar-refractivity contribution in [3.8, 4) is 11.1 Å². The van der Waals surface area contributed by atoms with Gasteiger partial charge in [0.2, 0.25) is 11.5 Å². The average Bonchev–Trinajstić information content (AvgIpc) is 2.84. The lowest BCUT2D eigenvalue weighted by atomic mass is 9.93. The van der Waals surface area contributed by atoms with Gasteiger partial charge in [0.05, 0.1) is 5.56 Å². The average molecular weight is 444 g/mol. The predicted molar refractivity (Wildman–Crippen MR) is 129 cm³/mol. The highest BCUT2D eigenvalue weighted by Gasteiger charge is 2.38. The Kier molecular flexibility index (Phi) is 6.73. The molecule has 6 heteroatoms. The fourth-order valence-corrected chi connectivity index (χ4v) is 4.46. The molecule has 170 valence electrons. The second-order valence-corrected chi connectivity index (χ2v) is 8.43. The molecule has 4 rings (SSSR count). The Bertz CT molecular complexity index is 1200. The Morgan fingerprint density at radius 3 is 2.39 bits per heavy atom. The molecule has 0 radical (unpaired) electrons. The molecule has 1 atom stereocenters. The molecule has 2 heterocycles. The van der Waals surface area contributed by atoms with E-state index in [1.807, 2.05) is 41.3 Å². The number of carbonyl (C=O) groups excluding carboxylic acids is 2. The van der Waals surface area contributed by atoms with Crippen LogP contribution >= 0.6 is 0 Å². The normalized spacial score (nSPS) is 16.2. The van der Waals surface area contributed by atoms with Crippen LogP contribution in [0.2, 0.25) is 0 Å². The van der Waals surface area contributed by atoms with Crippen molar-refractivity contribution >= 4 is 11.8 Å². The lowest BCUT2D eigenvalue weighted by molar-refractivity contribution is -0.140. The largest absolute Gasteiger partial charge is 0.339 e. The van der Waals surface area contributed by atoms with E-state index in [-0.39, 0.29) is 17.4 Å². The van der Waals surface area contributed by atoms with Crippen LogP contribution in [0.4, 0.5) is 0 Å². The fourth-order valence-electron chi connectivity index (χ4n) is 4.46. The first-order valence-corrected chi connectivity index (χ1v) is 11.4. The van der Waals surface area contributed by atoms with Gasteiger partial charge < -0.3 is 14.4 Å². The first kappa shape index (κ1) is 22.5. The minimum atomic E-state index is -0.597. The van der Waals surface area contributed by atoms with E-state index in [9.17, 15) is 14.4 Å². The Hall–Kier alpha value is -3.67. The molecule has 1 aliphatic rings. The highest BCUT2D eigenvalue weighted by molar-refractivity contribution is 5.98. The Morgan fingerprint density at radius 2 is 1.67 bits per heavy atom. The molecule has 3 aromatic rings. The number of carbonyl (C=O) groups is 2. The summed E-state index contributed by atoms with van der Waals surface area (Å²) < 4.78 is 1.39. The van der Waals surface area contributed by atoms with Gasteiger partial charge in [-0.3, -0.25) is 14.4 Å². The van der Waals surface area contributed by atoms with E-state index >= 15 is 0 Å². The van der Waals surface area contributed by atoms with Crippen molar-refractivity contribution in [2.24, 2.45) is 7.05 Å². The molecule has 2 amide bonds. The molecule has 6 nitrogen and oxygen atoms in total. The third-order valence-corrected chi connectivity index (χ3v) is 6.19. The number of nitrogens with zero attached hydrogens (tertiary/aromatic N) is 3. The summed E-state index contributed by atoms with van der Waals surface area (Å²) in [6, 6.07) is 20.5. The molecule has 2 aromatic carbocycles. The molecule has 0 N–H and O–H groups in total. The van der Waals surface area contributed by atoms with Crippen LogP contribution in [0.3, 0.4) is 0 Å². The summed E-state index contributed by atoms with van der Waals surface area (Å²) in [6.45, 7) is 3.71. The quantitative estimate of drug-likeness (QED) is 0.587. The number of amides is 2. The monoisotopic (exact) mass is 443 g/mol. The highest BCUT2D eigenvalue weighted by Crippen LogP contribution is 2.27. The standard InChI is InChI=1S/C27H29N3O3/c1-3-15-29-16-17-30(26(32)22-13-14-25(31)28(2)19-22)24(27(29)33)18-21-11-7-8-12-23(21)20-9-5-4-6-10-20/h4-14,19,24H,3,15-18H2,1-2H3/t24-/m1/s1. The number of aryl methyl sites for hydroxylation is 1. The van der Waals surface area contributed by atoms with Gasteiger partial charge in [-0.25, -0.2) is 0 Å². The van der Waals surface area contributed by atoms with Crippen LogP contribution < -0.4 is 5.56 Å². The zero-order valence-electron chi connectivity index (χ0n) is 19.1. The first-order chi connectivity index (χ1) is 16.0. The number of rotatable bonds is 6. The molecule has 0 spiro atoms.